The van der Waals surface area contributed by atoms with Crippen molar-refractivity contribution in [1.82, 2.24) is 9.88 Å². The molecule has 4 rings (SSSR count). The van der Waals surface area contributed by atoms with Gasteiger partial charge >= 0.3 is 5.97 Å². The van der Waals surface area contributed by atoms with Gasteiger partial charge in [0.15, 0.2) is 5.60 Å². The van der Waals surface area contributed by atoms with Gasteiger partial charge in [0.1, 0.15) is 21.4 Å². The molecule has 33 heavy (non-hydrogen) atoms. The SMILES string of the molecule is COc1ccc(-c2nc(C)c(C(=O)N3CCc4ccc(OC(C)(C)C(=O)O)cc4C3)s2)cc1. The maximum atomic E-state index is 13.3. The van der Waals surface area contributed by atoms with Crippen LogP contribution in [0.4, 0.5) is 0 Å². The number of hydrogen-bond donors (Lipinski definition) is 1. The highest BCUT2D eigenvalue weighted by molar-refractivity contribution is 7.17. The van der Waals surface area contributed by atoms with Gasteiger partial charge < -0.3 is 19.5 Å². The Morgan fingerprint density at radius 2 is 1.79 bits per heavy atom. The summed E-state index contributed by atoms with van der Waals surface area (Å²) in [4.78, 5) is 31.8. The van der Waals surface area contributed by atoms with Crippen molar-refractivity contribution in [2.24, 2.45) is 0 Å². The first-order chi connectivity index (χ1) is 15.7. The second kappa shape index (κ2) is 8.86. The first-order valence-corrected chi connectivity index (χ1v) is 11.4. The number of thiazole rings is 1. The zero-order valence-corrected chi connectivity index (χ0v) is 19.9. The fraction of sp³-hybridized carbons (Fsp3) is 0.320. The van der Waals surface area contributed by atoms with Gasteiger partial charge in [-0.1, -0.05) is 6.07 Å². The van der Waals surface area contributed by atoms with E-state index in [1.54, 1.807) is 13.2 Å². The van der Waals surface area contributed by atoms with Gasteiger partial charge in [-0.25, -0.2) is 9.78 Å². The highest BCUT2D eigenvalue weighted by Crippen LogP contribution is 2.32. The summed E-state index contributed by atoms with van der Waals surface area (Å²) in [5.74, 6) is 0.162. The molecule has 0 fully saturated rings. The van der Waals surface area contributed by atoms with Crippen molar-refractivity contribution < 1.29 is 24.2 Å². The number of methoxy groups -OCH3 is 1. The van der Waals surface area contributed by atoms with Crippen molar-refractivity contribution in [3.8, 4) is 22.1 Å². The number of hydrogen-bond acceptors (Lipinski definition) is 6. The van der Waals surface area contributed by atoms with E-state index in [-0.39, 0.29) is 5.91 Å². The third kappa shape index (κ3) is 4.71. The Morgan fingerprint density at radius 3 is 2.45 bits per heavy atom. The molecule has 1 aliphatic rings. The van der Waals surface area contributed by atoms with Crippen molar-refractivity contribution in [2.45, 2.75) is 39.3 Å². The Bertz CT molecular complexity index is 1200. The fourth-order valence-electron chi connectivity index (χ4n) is 3.70. The van der Waals surface area contributed by atoms with Crippen molar-refractivity contribution in [1.29, 1.82) is 0 Å². The molecule has 0 saturated carbocycles. The number of aliphatic carboxylic acids is 1. The Labute approximate surface area is 196 Å². The standard InChI is InChI=1S/C25H26N2O5S/c1-15-21(33-22(26-15)17-6-8-19(31-4)9-7-17)23(28)27-12-11-16-5-10-20(13-18(16)14-27)32-25(2,3)24(29)30/h5-10,13H,11-12,14H2,1-4H3,(H,29,30). The van der Waals surface area contributed by atoms with Crippen LogP contribution in [0.25, 0.3) is 10.6 Å². The summed E-state index contributed by atoms with van der Waals surface area (Å²) in [6.07, 6.45) is 0.729. The number of aromatic nitrogens is 1. The number of fused-ring (bicyclic) bond motifs is 1. The largest absolute Gasteiger partial charge is 0.497 e. The zero-order valence-electron chi connectivity index (χ0n) is 19.0. The van der Waals surface area contributed by atoms with Crippen LogP contribution in [-0.2, 0) is 17.8 Å². The minimum atomic E-state index is -1.34. The van der Waals surface area contributed by atoms with Gasteiger partial charge in [-0.3, -0.25) is 4.79 Å². The highest BCUT2D eigenvalue weighted by Gasteiger charge is 2.30. The normalized spacial score (nSPS) is 13.4. The molecular weight excluding hydrogens is 440 g/mol. The Kier molecular flexibility index (Phi) is 6.12. The number of amides is 1. The molecular formula is C25H26N2O5S. The van der Waals surface area contributed by atoms with Crippen LogP contribution in [0.1, 0.15) is 40.3 Å². The molecule has 2 heterocycles. The number of rotatable bonds is 6. The second-order valence-corrected chi connectivity index (χ2v) is 9.49. The van der Waals surface area contributed by atoms with Gasteiger partial charge in [0.2, 0.25) is 0 Å². The van der Waals surface area contributed by atoms with E-state index < -0.39 is 11.6 Å². The predicted octanol–water partition coefficient (Wildman–Crippen LogP) is 4.57. The number of carboxylic acids is 1. The van der Waals surface area contributed by atoms with Crippen molar-refractivity contribution in [3.63, 3.8) is 0 Å². The molecule has 1 amide bonds. The molecule has 0 aliphatic carbocycles. The lowest BCUT2D eigenvalue weighted by Crippen LogP contribution is -2.38. The summed E-state index contributed by atoms with van der Waals surface area (Å²) in [5.41, 5.74) is 2.41. The number of benzene rings is 2. The summed E-state index contributed by atoms with van der Waals surface area (Å²) >= 11 is 1.39. The van der Waals surface area contributed by atoms with E-state index >= 15 is 0 Å². The third-order valence-corrected chi connectivity index (χ3v) is 6.89. The lowest BCUT2D eigenvalue weighted by atomic mass is 9.99. The monoisotopic (exact) mass is 466 g/mol. The maximum absolute atomic E-state index is 13.3. The van der Waals surface area contributed by atoms with Gasteiger partial charge in [-0.2, -0.15) is 0 Å². The van der Waals surface area contributed by atoms with Crippen LogP contribution < -0.4 is 9.47 Å². The van der Waals surface area contributed by atoms with Crippen LogP contribution in [0, 0.1) is 6.92 Å². The number of carboxylic acid groups (broad SMARTS) is 1. The quantitative estimate of drug-likeness (QED) is 0.573. The van der Waals surface area contributed by atoms with E-state index in [1.807, 2.05) is 48.2 Å². The fourth-order valence-corrected chi connectivity index (χ4v) is 4.74. The van der Waals surface area contributed by atoms with Crippen molar-refractivity contribution in [3.05, 3.63) is 64.2 Å². The van der Waals surface area contributed by atoms with Gasteiger partial charge in [0.25, 0.3) is 5.91 Å². The molecule has 8 heteroatoms. The van der Waals surface area contributed by atoms with E-state index in [9.17, 15) is 14.7 Å². The molecule has 0 atom stereocenters. The number of ether oxygens (including phenoxy) is 2. The molecule has 1 N–H and O–H groups in total. The number of nitrogens with zero attached hydrogens (tertiary/aromatic N) is 2. The number of carbonyl (C=O) groups is 2. The smallest absolute Gasteiger partial charge is 0.347 e. The Balaban J connectivity index is 1.53. The van der Waals surface area contributed by atoms with Gasteiger partial charge in [-0.15, -0.1) is 11.3 Å². The van der Waals surface area contributed by atoms with Gasteiger partial charge in [-0.05, 0) is 74.7 Å². The van der Waals surface area contributed by atoms with Crippen LogP contribution >= 0.6 is 11.3 Å². The molecule has 0 spiro atoms. The summed E-state index contributed by atoms with van der Waals surface area (Å²) in [5, 5.41) is 10.1. The molecule has 0 radical (unpaired) electrons. The molecule has 3 aromatic rings. The van der Waals surface area contributed by atoms with Crippen LogP contribution in [-0.4, -0.2) is 46.1 Å². The van der Waals surface area contributed by atoms with Gasteiger partial charge in [0.05, 0.1) is 12.8 Å². The zero-order chi connectivity index (χ0) is 23.8. The summed E-state index contributed by atoms with van der Waals surface area (Å²) in [7, 11) is 1.62. The van der Waals surface area contributed by atoms with Crippen LogP contribution in [0.5, 0.6) is 11.5 Å². The average molecular weight is 467 g/mol. The predicted molar refractivity (Wildman–Crippen MR) is 126 cm³/mol. The van der Waals surface area contributed by atoms with E-state index in [1.165, 1.54) is 25.2 Å². The first kappa shape index (κ1) is 22.8. The van der Waals surface area contributed by atoms with Crippen molar-refractivity contribution in [2.75, 3.05) is 13.7 Å². The summed E-state index contributed by atoms with van der Waals surface area (Å²) in [6, 6.07) is 13.2. The summed E-state index contributed by atoms with van der Waals surface area (Å²) in [6.45, 7) is 5.93. The highest BCUT2D eigenvalue weighted by atomic mass is 32.1. The van der Waals surface area contributed by atoms with Crippen LogP contribution in [0.3, 0.4) is 0 Å². The lowest BCUT2D eigenvalue weighted by molar-refractivity contribution is -0.152. The maximum Gasteiger partial charge on any atom is 0.347 e. The molecule has 7 nitrogen and oxygen atoms in total. The second-order valence-electron chi connectivity index (χ2n) is 8.49. The number of carbonyl (C=O) groups excluding carboxylic acids is 1. The molecule has 0 unspecified atom stereocenters. The average Bonchev–Trinajstić information content (AvgIpc) is 3.19. The molecule has 0 saturated heterocycles. The van der Waals surface area contributed by atoms with Crippen molar-refractivity contribution >= 4 is 23.2 Å². The topological polar surface area (TPSA) is 89.0 Å². The lowest BCUT2D eigenvalue weighted by Gasteiger charge is -2.29. The summed E-state index contributed by atoms with van der Waals surface area (Å²) < 4.78 is 10.9. The molecule has 1 aromatic heterocycles. The minimum absolute atomic E-state index is 0.0485. The number of aryl methyl sites for hydroxylation is 1. The molecule has 1 aliphatic heterocycles. The Hall–Kier alpha value is -3.39. The van der Waals surface area contributed by atoms with E-state index in [2.05, 4.69) is 4.98 Å². The first-order valence-electron chi connectivity index (χ1n) is 10.6. The van der Waals surface area contributed by atoms with E-state index in [0.29, 0.717) is 29.4 Å². The molecule has 2 aromatic carbocycles. The Morgan fingerprint density at radius 1 is 1.09 bits per heavy atom. The van der Waals surface area contributed by atoms with Gasteiger partial charge in [0, 0.05) is 18.7 Å². The molecule has 0 bridgehead atoms. The molecule has 172 valence electrons. The minimum Gasteiger partial charge on any atom is -0.497 e. The van der Waals surface area contributed by atoms with Crippen LogP contribution in [0.15, 0.2) is 42.5 Å². The van der Waals surface area contributed by atoms with E-state index in [4.69, 9.17) is 9.47 Å². The third-order valence-electron chi connectivity index (χ3n) is 5.69. The van der Waals surface area contributed by atoms with Crippen LogP contribution in [0.2, 0.25) is 0 Å². The van der Waals surface area contributed by atoms with E-state index in [0.717, 1.165) is 33.9 Å².